The van der Waals surface area contributed by atoms with Crippen LogP contribution in [0.1, 0.15) is 5.56 Å². The maximum absolute atomic E-state index is 5.99. The minimum atomic E-state index is 0.771. The second kappa shape index (κ2) is 2.83. The Kier molecular flexibility index (Phi) is 1.94. The molecule has 0 aliphatic heterocycles. The summed E-state index contributed by atoms with van der Waals surface area (Å²) in [4.78, 5) is 3.12. The highest BCUT2D eigenvalue weighted by atomic mass is 35.5. The molecule has 0 aliphatic carbocycles. The molecule has 62 valence electrons. The van der Waals surface area contributed by atoms with Gasteiger partial charge in [0.25, 0.3) is 0 Å². The lowest BCUT2D eigenvalue weighted by Crippen LogP contribution is -1.75. The Labute approximate surface area is 84.0 Å². The number of fused-ring (bicyclic) bond motifs is 1. The molecule has 0 bridgehead atoms. The zero-order valence-corrected chi connectivity index (χ0v) is 8.74. The summed E-state index contributed by atoms with van der Waals surface area (Å²) in [7, 11) is 0. The van der Waals surface area contributed by atoms with Crippen LogP contribution in [0.4, 0.5) is 0 Å². The van der Waals surface area contributed by atoms with Crippen molar-refractivity contribution in [3.63, 3.8) is 0 Å². The summed E-state index contributed by atoms with van der Waals surface area (Å²) >= 11 is 12.5. The van der Waals surface area contributed by atoms with Crippen molar-refractivity contribution in [2.75, 3.05) is 0 Å². The maximum Gasteiger partial charge on any atom is 0.159 e. The molecule has 0 saturated heterocycles. The second-order valence-corrected chi connectivity index (χ2v) is 4.68. The number of aromatic nitrogens is 1. The van der Waals surface area contributed by atoms with Crippen molar-refractivity contribution in [1.29, 1.82) is 0 Å². The predicted octanol–water partition coefficient (Wildman–Crippen LogP) is 3.92. The standard InChI is InChI=1S/C8H6ClNS2/c1-4-2-3-5(9)7-6(4)10-8(11)12-7/h2-3H,1H3,(H,10,11). The van der Waals surface area contributed by atoms with E-state index in [4.69, 9.17) is 23.8 Å². The molecule has 2 aromatic rings. The van der Waals surface area contributed by atoms with Crippen molar-refractivity contribution in [3.05, 3.63) is 26.7 Å². The third-order valence-corrected chi connectivity index (χ3v) is 3.43. The van der Waals surface area contributed by atoms with Crippen molar-refractivity contribution in [2.45, 2.75) is 6.92 Å². The fraction of sp³-hybridized carbons (Fsp3) is 0.125. The number of thiazole rings is 1. The maximum atomic E-state index is 5.99. The molecule has 0 amide bonds. The van der Waals surface area contributed by atoms with E-state index in [1.54, 1.807) is 0 Å². The summed E-state index contributed by atoms with van der Waals surface area (Å²) in [6.45, 7) is 2.04. The van der Waals surface area contributed by atoms with Crippen molar-refractivity contribution < 1.29 is 0 Å². The Morgan fingerprint density at radius 2 is 2.25 bits per heavy atom. The Hall–Kier alpha value is -0.380. The first kappa shape index (κ1) is 8.23. The lowest BCUT2D eigenvalue weighted by molar-refractivity contribution is 1.41. The number of rotatable bonds is 0. The van der Waals surface area contributed by atoms with Gasteiger partial charge in [-0.1, -0.05) is 17.7 Å². The van der Waals surface area contributed by atoms with Crippen LogP contribution in [0.25, 0.3) is 10.2 Å². The highest BCUT2D eigenvalue weighted by Crippen LogP contribution is 2.29. The highest BCUT2D eigenvalue weighted by Gasteiger charge is 2.03. The molecule has 0 aliphatic rings. The van der Waals surface area contributed by atoms with Gasteiger partial charge in [-0.3, -0.25) is 0 Å². The summed E-state index contributed by atoms with van der Waals surface area (Å²) in [6.07, 6.45) is 0. The summed E-state index contributed by atoms with van der Waals surface area (Å²) < 4.78 is 1.84. The third kappa shape index (κ3) is 1.18. The molecule has 4 heteroatoms. The van der Waals surface area contributed by atoms with Gasteiger partial charge in [-0.15, -0.1) is 11.3 Å². The molecule has 1 nitrogen and oxygen atoms in total. The molecular formula is C8H6ClNS2. The van der Waals surface area contributed by atoms with Gasteiger partial charge in [0.15, 0.2) is 3.95 Å². The van der Waals surface area contributed by atoms with Crippen LogP contribution in [-0.4, -0.2) is 4.98 Å². The average molecular weight is 216 g/mol. The van der Waals surface area contributed by atoms with Gasteiger partial charge in [-0.25, -0.2) is 0 Å². The normalized spacial score (nSPS) is 10.8. The van der Waals surface area contributed by atoms with E-state index in [0.717, 1.165) is 19.2 Å². The summed E-state index contributed by atoms with van der Waals surface area (Å²) in [6, 6.07) is 3.89. The fourth-order valence-corrected chi connectivity index (χ4v) is 2.57. The molecule has 0 radical (unpaired) electrons. The van der Waals surface area contributed by atoms with Crippen molar-refractivity contribution in [2.24, 2.45) is 0 Å². The van der Waals surface area contributed by atoms with Crippen LogP contribution >= 0.6 is 35.2 Å². The van der Waals surface area contributed by atoms with Gasteiger partial charge < -0.3 is 4.98 Å². The van der Waals surface area contributed by atoms with Crippen LogP contribution < -0.4 is 0 Å². The first-order chi connectivity index (χ1) is 5.68. The van der Waals surface area contributed by atoms with Crippen LogP contribution in [-0.2, 0) is 0 Å². The SMILES string of the molecule is Cc1ccc(Cl)c2sc(=S)[nH]c12. The van der Waals surface area contributed by atoms with Crippen molar-refractivity contribution in [1.82, 2.24) is 4.98 Å². The third-order valence-electron chi connectivity index (χ3n) is 1.74. The lowest BCUT2D eigenvalue weighted by atomic mass is 10.2. The van der Waals surface area contributed by atoms with Crippen LogP contribution in [0.15, 0.2) is 12.1 Å². The molecule has 0 unspecified atom stereocenters. The molecule has 1 N–H and O–H groups in total. The number of benzene rings is 1. The minimum Gasteiger partial charge on any atom is -0.337 e. The summed E-state index contributed by atoms with van der Waals surface area (Å²) in [5, 5.41) is 0.771. The van der Waals surface area contributed by atoms with E-state index < -0.39 is 0 Å². The van der Waals surface area contributed by atoms with Gasteiger partial charge in [0.05, 0.1) is 15.2 Å². The summed E-state index contributed by atoms with van der Waals surface area (Å²) in [5.41, 5.74) is 2.25. The number of nitrogens with one attached hydrogen (secondary N) is 1. The van der Waals surface area contributed by atoms with E-state index in [1.807, 2.05) is 19.1 Å². The zero-order valence-electron chi connectivity index (χ0n) is 6.35. The monoisotopic (exact) mass is 215 g/mol. The number of H-pyrrole nitrogens is 1. The fourth-order valence-electron chi connectivity index (χ4n) is 1.13. The van der Waals surface area contributed by atoms with E-state index >= 15 is 0 Å². The van der Waals surface area contributed by atoms with E-state index in [1.165, 1.54) is 16.9 Å². The number of halogens is 1. The van der Waals surface area contributed by atoms with Crippen LogP contribution in [0.5, 0.6) is 0 Å². The molecule has 0 fully saturated rings. The molecule has 2 rings (SSSR count). The topological polar surface area (TPSA) is 15.8 Å². The quantitative estimate of drug-likeness (QED) is 0.659. The Balaban J connectivity index is 3.03. The molecule has 0 saturated carbocycles. The van der Waals surface area contributed by atoms with Crippen LogP contribution in [0.3, 0.4) is 0 Å². The van der Waals surface area contributed by atoms with Gasteiger partial charge in [-0.2, -0.15) is 0 Å². The first-order valence-electron chi connectivity index (χ1n) is 3.46. The predicted molar refractivity (Wildman–Crippen MR) is 56.8 cm³/mol. The van der Waals surface area contributed by atoms with E-state index in [2.05, 4.69) is 4.98 Å². The minimum absolute atomic E-state index is 0.771. The van der Waals surface area contributed by atoms with Crippen LogP contribution in [0, 0.1) is 10.9 Å². The number of hydrogen-bond acceptors (Lipinski definition) is 2. The van der Waals surface area contributed by atoms with Gasteiger partial charge in [0.1, 0.15) is 0 Å². The average Bonchev–Trinajstić information content (AvgIpc) is 2.41. The van der Waals surface area contributed by atoms with E-state index in [0.29, 0.717) is 0 Å². The Bertz CT molecular complexity index is 441. The molecule has 12 heavy (non-hydrogen) atoms. The molecule has 0 spiro atoms. The molecule has 1 heterocycles. The highest BCUT2D eigenvalue weighted by molar-refractivity contribution is 7.73. The Morgan fingerprint density at radius 1 is 1.50 bits per heavy atom. The molecular weight excluding hydrogens is 210 g/mol. The smallest absolute Gasteiger partial charge is 0.159 e. The first-order valence-corrected chi connectivity index (χ1v) is 5.06. The number of aryl methyl sites for hydroxylation is 1. The number of hydrogen-bond donors (Lipinski definition) is 1. The van der Waals surface area contributed by atoms with Crippen molar-refractivity contribution >= 4 is 45.4 Å². The van der Waals surface area contributed by atoms with Crippen molar-refractivity contribution in [3.8, 4) is 0 Å². The van der Waals surface area contributed by atoms with E-state index in [9.17, 15) is 0 Å². The second-order valence-electron chi connectivity index (χ2n) is 2.58. The molecule has 1 aromatic heterocycles. The van der Waals surface area contributed by atoms with Gasteiger partial charge in [0, 0.05) is 0 Å². The zero-order chi connectivity index (χ0) is 8.72. The summed E-state index contributed by atoms with van der Waals surface area (Å²) in [5.74, 6) is 0. The molecule has 1 aromatic carbocycles. The molecule has 0 atom stereocenters. The number of aromatic amines is 1. The Morgan fingerprint density at radius 3 is 2.92 bits per heavy atom. The largest absolute Gasteiger partial charge is 0.337 e. The van der Waals surface area contributed by atoms with E-state index in [-0.39, 0.29) is 0 Å². The van der Waals surface area contributed by atoms with Gasteiger partial charge in [0.2, 0.25) is 0 Å². The van der Waals surface area contributed by atoms with Gasteiger partial charge in [-0.05, 0) is 30.8 Å². The lowest BCUT2D eigenvalue weighted by Gasteiger charge is -1.95. The van der Waals surface area contributed by atoms with Crippen LogP contribution in [0.2, 0.25) is 5.02 Å². The van der Waals surface area contributed by atoms with Gasteiger partial charge >= 0.3 is 0 Å².